The van der Waals surface area contributed by atoms with Gasteiger partial charge in [-0.15, -0.1) is 12.4 Å². The Labute approximate surface area is 136 Å². The first-order valence-corrected chi connectivity index (χ1v) is 7.76. The number of carbonyl (C=O) groups excluding carboxylic acids is 1. The maximum Gasteiger partial charge on any atom is 0.258 e. The lowest BCUT2D eigenvalue weighted by Gasteiger charge is -2.29. The van der Waals surface area contributed by atoms with E-state index >= 15 is 0 Å². The number of ether oxygens (including phenoxy) is 2. The minimum atomic E-state index is 0. The van der Waals surface area contributed by atoms with E-state index in [-0.39, 0.29) is 18.3 Å². The molecule has 4 rings (SSSR count). The van der Waals surface area contributed by atoms with E-state index in [1.165, 1.54) is 0 Å². The predicted octanol–water partition coefficient (Wildman–Crippen LogP) is 1.85. The quantitative estimate of drug-likeness (QED) is 0.856. The van der Waals surface area contributed by atoms with Crippen LogP contribution in [0.25, 0.3) is 0 Å². The van der Waals surface area contributed by atoms with Crippen molar-refractivity contribution >= 4 is 18.3 Å². The van der Waals surface area contributed by atoms with Crippen LogP contribution in [0, 0.1) is 0 Å². The van der Waals surface area contributed by atoms with Crippen LogP contribution in [0.5, 0.6) is 11.5 Å². The molecular formula is C16H21ClN2O3. The van der Waals surface area contributed by atoms with E-state index in [2.05, 4.69) is 10.2 Å². The molecule has 22 heavy (non-hydrogen) atoms. The summed E-state index contributed by atoms with van der Waals surface area (Å²) < 4.78 is 11.3. The molecule has 3 aliphatic rings. The van der Waals surface area contributed by atoms with Crippen molar-refractivity contribution in [3.8, 4) is 11.5 Å². The molecule has 0 aromatic heterocycles. The molecule has 1 N–H and O–H groups in total. The topological polar surface area (TPSA) is 50.8 Å². The van der Waals surface area contributed by atoms with Gasteiger partial charge in [0.05, 0.1) is 5.56 Å². The standard InChI is InChI=1S/C16H20N2O3.ClH/c19-16(18-11-4-5-12(18)10-17-7-6-11)13-2-1-3-14-15(13)21-9-8-20-14;/h1-3,11-12,17H,4-10H2;1H. The average Bonchev–Trinajstić information content (AvgIpc) is 2.79. The number of hydrogen-bond donors (Lipinski definition) is 1. The minimum absolute atomic E-state index is 0. The Morgan fingerprint density at radius 2 is 1.95 bits per heavy atom. The van der Waals surface area contributed by atoms with Crippen molar-refractivity contribution in [2.24, 2.45) is 0 Å². The van der Waals surface area contributed by atoms with Gasteiger partial charge in [-0.1, -0.05) is 6.07 Å². The number of para-hydroxylation sites is 1. The number of benzene rings is 1. The summed E-state index contributed by atoms with van der Waals surface area (Å²) in [5.74, 6) is 1.39. The molecule has 3 heterocycles. The lowest BCUT2D eigenvalue weighted by molar-refractivity contribution is 0.0670. The molecule has 0 saturated carbocycles. The highest BCUT2D eigenvalue weighted by molar-refractivity contribution is 5.98. The van der Waals surface area contributed by atoms with Crippen LogP contribution in [0.1, 0.15) is 29.6 Å². The van der Waals surface area contributed by atoms with Gasteiger partial charge in [-0.05, 0) is 37.9 Å². The monoisotopic (exact) mass is 324 g/mol. The minimum Gasteiger partial charge on any atom is -0.486 e. The van der Waals surface area contributed by atoms with Crippen LogP contribution >= 0.6 is 12.4 Å². The first-order valence-electron chi connectivity index (χ1n) is 7.76. The van der Waals surface area contributed by atoms with Crippen molar-refractivity contribution in [3.05, 3.63) is 23.8 Å². The molecule has 120 valence electrons. The number of halogens is 1. The number of hydrogen-bond acceptors (Lipinski definition) is 4. The molecule has 2 saturated heterocycles. The Morgan fingerprint density at radius 1 is 1.14 bits per heavy atom. The van der Waals surface area contributed by atoms with Crippen molar-refractivity contribution in [3.63, 3.8) is 0 Å². The number of nitrogens with zero attached hydrogens (tertiary/aromatic N) is 1. The highest BCUT2D eigenvalue weighted by atomic mass is 35.5. The van der Waals surface area contributed by atoms with Crippen molar-refractivity contribution in [2.75, 3.05) is 26.3 Å². The molecule has 3 aliphatic heterocycles. The molecule has 6 heteroatoms. The summed E-state index contributed by atoms with van der Waals surface area (Å²) >= 11 is 0. The molecule has 2 fully saturated rings. The first kappa shape index (κ1) is 15.4. The van der Waals surface area contributed by atoms with E-state index in [0.29, 0.717) is 42.4 Å². The zero-order valence-electron chi connectivity index (χ0n) is 12.4. The summed E-state index contributed by atoms with van der Waals surface area (Å²) in [5, 5.41) is 3.43. The van der Waals surface area contributed by atoms with Crippen LogP contribution in [0.15, 0.2) is 18.2 Å². The predicted molar refractivity (Wildman–Crippen MR) is 85.1 cm³/mol. The smallest absolute Gasteiger partial charge is 0.258 e. The number of amides is 1. The van der Waals surface area contributed by atoms with E-state index in [0.717, 1.165) is 32.4 Å². The highest BCUT2D eigenvalue weighted by Gasteiger charge is 2.39. The number of carbonyl (C=O) groups is 1. The number of nitrogens with one attached hydrogen (secondary N) is 1. The van der Waals surface area contributed by atoms with Gasteiger partial charge in [0.25, 0.3) is 5.91 Å². The van der Waals surface area contributed by atoms with Crippen molar-refractivity contribution in [1.29, 1.82) is 0 Å². The van der Waals surface area contributed by atoms with Gasteiger partial charge in [-0.2, -0.15) is 0 Å². The molecule has 1 aromatic carbocycles. The van der Waals surface area contributed by atoms with Gasteiger partial charge in [0.15, 0.2) is 11.5 Å². The maximum atomic E-state index is 13.0. The molecule has 0 spiro atoms. The van der Waals surface area contributed by atoms with Crippen molar-refractivity contribution < 1.29 is 14.3 Å². The second kappa shape index (κ2) is 6.34. The molecule has 2 bridgehead atoms. The fourth-order valence-corrected chi connectivity index (χ4v) is 3.70. The molecular weight excluding hydrogens is 304 g/mol. The van der Waals surface area contributed by atoms with E-state index in [1.807, 2.05) is 18.2 Å². The zero-order valence-corrected chi connectivity index (χ0v) is 13.2. The van der Waals surface area contributed by atoms with Gasteiger partial charge in [0, 0.05) is 18.6 Å². The van der Waals surface area contributed by atoms with Gasteiger partial charge in [-0.25, -0.2) is 0 Å². The van der Waals surface area contributed by atoms with Crippen LogP contribution in [0.2, 0.25) is 0 Å². The van der Waals surface area contributed by atoms with Gasteiger partial charge in [0.1, 0.15) is 13.2 Å². The Bertz CT molecular complexity index is 552. The Morgan fingerprint density at radius 3 is 2.86 bits per heavy atom. The Kier molecular flexibility index (Phi) is 4.45. The van der Waals surface area contributed by atoms with Crippen LogP contribution in [0.4, 0.5) is 0 Å². The molecule has 2 unspecified atom stereocenters. The summed E-state index contributed by atoms with van der Waals surface area (Å²) in [6, 6.07) is 6.26. The molecule has 5 nitrogen and oxygen atoms in total. The van der Waals surface area contributed by atoms with Gasteiger partial charge in [0.2, 0.25) is 0 Å². The molecule has 0 radical (unpaired) electrons. The van der Waals surface area contributed by atoms with Gasteiger partial charge in [-0.3, -0.25) is 4.79 Å². The summed E-state index contributed by atoms with van der Waals surface area (Å²) in [7, 11) is 0. The van der Waals surface area contributed by atoms with Crippen LogP contribution in [-0.2, 0) is 0 Å². The lowest BCUT2D eigenvalue weighted by Crippen LogP contribution is -2.42. The number of rotatable bonds is 1. The summed E-state index contributed by atoms with van der Waals surface area (Å²) in [4.78, 5) is 15.1. The third-order valence-corrected chi connectivity index (χ3v) is 4.69. The fourth-order valence-electron chi connectivity index (χ4n) is 3.70. The molecule has 1 amide bonds. The van der Waals surface area contributed by atoms with Crippen LogP contribution in [0.3, 0.4) is 0 Å². The second-order valence-corrected chi connectivity index (χ2v) is 5.92. The highest BCUT2D eigenvalue weighted by Crippen LogP contribution is 2.37. The Hall–Kier alpha value is -1.46. The third-order valence-electron chi connectivity index (χ3n) is 4.69. The summed E-state index contributed by atoms with van der Waals surface area (Å²) in [6.07, 6.45) is 3.24. The van der Waals surface area contributed by atoms with E-state index < -0.39 is 0 Å². The van der Waals surface area contributed by atoms with Gasteiger partial charge < -0.3 is 19.7 Å². The van der Waals surface area contributed by atoms with Crippen molar-refractivity contribution in [2.45, 2.75) is 31.3 Å². The zero-order chi connectivity index (χ0) is 14.2. The van der Waals surface area contributed by atoms with E-state index in [1.54, 1.807) is 0 Å². The largest absolute Gasteiger partial charge is 0.486 e. The second-order valence-electron chi connectivity index (χ2n) is 5.92. The Balaban J connectivity index is 0.00000144. The lowest BCUT2D eigenvalue weighted by atomic mass is 10.1. The molecule has 2 atom stereocenters. The number of fused-ring (bicyclic) bond motifs is 3. The normalized spacial score (nSPS) is 26.1. The first-order chi connectivity index (χ1) is 10.3. The third kappa shape index (κ3) is 2.52. The molecule has 0 aliphatic carbocycles. The van der Waals surface area contributed by atoms with Crippen LogP contribution in [-0.4, -0.2) is 49.2 Å². The molecule has 1 aromatic rings. The summed E-state index contributed by atoms with van der Waals surface area (Å²) in [6.45, 7) is 2.95. The summed E-state index contributed by atoms with van der Waals surface area (Å²) in [5.41, 5.74) is 0.644. The van der Waals surface area contributed by atoms with Crippen molar-refractivity contribution in [1.82, 2.24) is 10.2 Å². The average molecular weight is 325 g/mol. The van der Waals surface area contributed by atoms with Crippen LogP contribution < -0.4 is 14.8 Å². The van der Waals surface area contributed by atoms with E-state index in [9.17, 15) is 4.79 Å². The fraction of sp³-hybridized carbons (Fsp3) is 0.562. The van der Waals surface area contributed by atoms with E-state index in [4.69, 9.17) is 9.47 Å². The SMILES string of the molecule is Cl.O=C(c1cccc2c1OCCO2)N1C2CCNCC1CC2. The van der Waals surface area contributed by atoms with Gasteiger partial charge >= 0.3 is 0 Å². The maximum absolute atomic E-state index is 13.0.